The van der Waals surface area contributed by atoms with Crippen molar-refractivity contribution >= 4 is 29.0 Å². The van der Waals surface area contributed by atoms with E-state index >= 15 is 0 Å². The smallest absolute Gasteiger partial charge is 0.322 e. The maximum Gasteiger partial charge on any atom is 0.322 e. The number of piperazine rings is 1. The Hall–Kier alpha value is -2.60. The van der Waals surface area contributed by atoms with Gasteiger partial charge in [0.2, 0.25) is 0 Å². The normalized spacial score (nSPS) is 16.7. The monoisotopic (exact) mass is 403 g/mol. The molecule has 2 aromatic rings. The van der Waals surface area contributed by atoms with Crippen LogP contribution in [-0.2, 0) is 0 Å². The van der Waals surface area contributed by atoms with Crippen LogP contribution < -0.4 is 19.7 Å². The van der Waals surface area contributed by atoms with E-state index in [1.807, 2.05) is 4.90 Å². The van der Waals surface area contributed by atoms with Crippen LogP contribution in [0.2, 0.25) is 5.02 Å². The number of aryl methyl sites for hydroxylation is 1. The summed E-state index contributed by atoms with van der Waals surface area (Å²) in [6, 6.07) is 11.8. The van der Waals surface area contributed by atoms with E-state index in [1.54, 1.807) is 19.2 Å². The number of rotatable bonds is 4. The summed E-state index contributed by atoms with van der Waals surface area (Å²) in [5, 5.41) is 3.32. The molecule has 1 atom stereocenters. The molecule has 0 spiro atoms. The molecule has 1 aliphatic heterocycles. The van der Waals surface area contributed by atoms with Crippen LogP contribution in [-0.4, -0.2) is 50.8 Å². The second-order valence-electron chi connectivity index (χ2n) is 6.94. The molecule has 1 unspecified atom stereocenters. The van der Waals surface area contributed by atoms with E-state index in [0.29, 0.717) is 35.3 Å². The molecule has 0 aliphatic carbocycles. The van der Waals surface area contributed by atoms with Crippen LogP contribution in [0.1, 0.15) is 12.5 Å². The minimum atomic E-state index is -0.171. The molecule has 2 aromatic carbocycles. The largest absolute Gasteiger partial charge is 0.495 e. The number of hydrogen-bond donors (Lipinski definition) is 1. The summed E-state index contributed by atoms with van der Waals surface area (Å²) in [4.78, 5) is 17.0. The van der Waals surface area contributed by atoms with Gasteiger partial charge in [-0.2, -0.15) is 0 Å². The molecule has 1 saturated heterocycles. The van der Waals surface area contributed by atoms with Gasteiger partial charge in [-0.25, -0.2) is 4.79 Å². The van der Waals surface area contributed by atoms with Gasteiger partial charge < -0.3 is 24.6 Å². The average Bonchev–Trinajstić information content (AvgIpc) is 2.68. The maximum absolute atomic E-state index is 12.8. The van der Waals surface area contributed by atoms with Crippen molar-refractivity contribution in [2.75, 3.05) is 44.1 Å². The SMILES string of the molecule is COc1cc(OC)c(NC(=O)N2CCN(c3cccc(C)c3)C(C)C2)cc1Cl. The Bertz CT molecular complexity index is 859. The van der Waals surface area contributed by atoms with Gasteiger partial charge in [0.25, 0.3) is 0 Å². The summed E-state index contributed by atoms with van der Waals surface area (Å²) in [5.74, 6) is 0.998. The summed E-state index contributed by atoms with van der Waals surface area (Å²) in [6.45, 7) is 6.26. The summed E-state index contributed by atoms with van der Waals surface area (Å²) in [7, 11) is 3.08. The van der Waals surface area contributed by atoms with Crippen LogP contribution in [0.25, 0.3) is 0 Å². The van der Waals surface area contributed by atoms with Crippen LogP contribution in [0.5, 0.6) is 11.5 Å². The fraction of sp³-hybridized carbons (Fsp3) is 0.381. The highest BCUT2D eigenvalue weighted by Gasteiger charge is 2.27. The highest BCUT2D eigenvalue weighted by molar-refractivity contribution is 6.32. The molecular weight excluding hydrogens is 378 g/mol. The molecule has 2 amide bonds. The summed E-state index contributed by atoms with van der Waals surface area (Å²) in [5.41, 5.74) is 2.94. The fourth-order valence-corrected chi connectivity index (χ4v) is 3.73. The van der Waals surface area contributed by atoms with Gasteiger partial charge in [-0.1, -0.05) is 23.7 Å². The molecule has 0 radical (unpaired) electrons. The van der Waals surface area contributed by atoms with E-state index < -0.39 is 0 Å². The Balaban J connectivity index is 1.69. The lowest BCUT2D eigenvalue weighted by atomic mass is 10.1. The van der Waals surface area contributed by atoms with E-state index in [9.17, 15) is 4.79 Å². The number of benzene rings is 2. The molecule has 28 heavy (non-hydrogen) atoms. The number of nitrogens with zero attached hydrogens (tertiary/aromatic N) is 2. The van der Waals surface area contributed by atoms with Crippen LogP contribution in [0.15, 0.2) is 36.4 Å². The number of carbonyl (C=O) groups is 1. The van der Waals surface area contributed by atoms with Crippen LogP contribution in [0, 0.1) is 6.92 Å². The standard InChI is InChI=1S/C21H26ClN3O3/c1-14-6-5-7-16(10-14)25-9-8-24(13-15(25)2)21(26)23-18-11-17(22)19(27-3)12-20(18)28-4/h5-7,10-12,15H,8-9,13H2,1-4H3,(H,23,26). The van der Waals surface area contributed by atoms with E-state index in [2.05, 4.69) is 48.3 Å². The molecule has 150 valence electrons. The number of halogens is 1. The Morgan fingerprint density at radius 3 is 2.54 bits per heavy atom. The zero-order chi connectivity index (χ0) is 20.3. The van der Waals surface area contributed by atoms with Crippen molar-refractivity contribution in [3.63, 3.8) is 0 Å². The van der Waals surface area contributed by atoms with E-state index in [1.165, 1.54) is 18.4 Å². The van der Waals surface area contributed by atoms with Gasteiger partial charge in [0.15, 0.2) is 0 Å². The number of carbonyl (C=O) groups excluding carboxylic acids is 1. The van der Waals surface area contributed by atoms with Crippen molar-refractivity contribution in [2.45, 2.75) is 19.9 Å². The molecule has 0 saturated carbocycles. The number of amides is 2. The van der Waals surface area contributed by atoms with E-state index in [0.717, 1.165) is 6.54 Å². The Kier molecular flexibility index (Phi) is 6.19. The third-order valence-electron chi connectivity index (χ3n) is 4.96. The molecule has 3 rings (SSSR count). The van der Waals surface area contributed by atoms with Crippen LogP contribution >= 0.6 is 11.6 Å². The summed E-state index contributed by atoms with van der Waals surface area (Å²) < 4.78 is 10.6. The first-order valence-corrected chi connectivity index (χ1v) is 9.61. The predicted octanol–water partition coefficient (Wildman–Crippen LogP) is 4.41. The minimum absolute atomic E-state index is 0.171. The molecule has 1 fully saturated rings. The topological polar surface area (TPSA) is 54.0 Å². The van der Waals surface area contributed by atoms with Gasteiger partial charge in [-0.05, 0) is 37.6 Å². The maximum atomic E-state index is 12.8. The van der Waals surface area contributed by atoms with Crippen molar-refractivity contribution < 1.29 is 14.3 Å². The molecular formula is C21H26ClN3O3. The lowest BCUT2D eigenvalue weighted by Crippen LogP contribution is -2.54. The summed E-state index contributed by atoms with van der Waals surface area (Å²) in [6.07, 6.45) is 0. The minimum Gasteiger partial charge on any atom is -0.495 e. The van der Waals surface area contributed by atoms with E-state index in [4.69, 9.17) is 21.1 Å². The van der Waals surface area contributed by atoms with Crippen molar-refractivity contribution in [3.05, 3.63) is 47.0 Å². The second kappa shape index (κ2) is 8.61. The van der Waals surface area contributed by atoms with Gasteiger partial charge in [-0.15, -0.1) is 0 Å². The third-order valence-corrected chi connectivity index (χ3v) is 5.26. The quantitative estimate of drug-likeness (QED) is 0.821. The van der Waals surface area contributed by atoms with Gasteiger partial charge >= 0.3 is 6.03 Å². The number of hydrogen-bond acceptors (Lipinski definition) is 4. The van der Waals surface area contributed by atoms with Crippen molar-refractivity contribution in [1.82, 2.24) is 4.90 Å². The Morgan fingerprint density at radius 2 is 1.89 bits per heavy atom. The number of anilines is 2. The van der Waals surface area contributed by atoms with E-state index in [-0.39, 0.29) is 12.1 Å². The zero-order valence-electron chi connectivity index (χ0n) is 16.7. The molecule has 0 bridgehead atoms. The zero-order valence-corrected chi connectivity index (χ0v) is 17.4. The third kappa shape index (κ3) is 4.28. The number of urea groups is 1. The average molecular weight is 404 g/mol. The van der Waals surface area contributed by atoms with Crippen LogP contribution in [0.3, 0.4) is 0 Å². The first-order chi connectivity index (χ1) is 13.4. The lowest BCUT2D eigenvalue weighted by Gasteiger charge is -2.41. The fourth-order valence-electron chi connectivity index (χ4n) is 3.48. The van der Waals surface area contributed by atoms with Gasteiger partial charge in [0, 0.05) is 37.4 Å². The highest BCUT2D eigenvalue weighted by atomic mass is 35.5. The molecule has 6 nitrogen and oxygen atoms in total. The number of methoxy groups -OCH3 is 2. The Morgan fingerprint density at radius 1 is 1.14 bits per heavy atom. The van der Waals surface area contributed by atoms with Gasteiger partial charge in [0.05, 0.1) is 24.9 Å². The number of nitrogens with one attached hydrogen (secondary N) is 1. The van der Waals surface area contributed by atoms with Gasteiger partial charge in [-0.3, -0.25) is 0 Å². The summed E-state index contributed by atoms with van der Waals surface area (Å²) >= 11 is 6.20. The van der Waals surface area contributed by atoms with Crippen molar-refractivity contribution in [3.8, 4) is 11.5 Å². The molecule has 1 aliphatic rings. The first kappa shape index (κ1) is 20.1. The number of ether oxygens (including phenoxy) is 2. The Labute approximate surface area is 171 Å². The van der Waals surface area contributed by atoms with Gasteiger partial charge in [0.1, 0.15) is 11.5 Å². The first-order valence-electron chi connectivity index (χ1n) is 9.23. The predicted molar refractivity (Wildman–Crippen MR) is 113 cm³/mol. The molecule has 7 heteroatoms. The van der Waals surface area contributed by atoms with Crippen molar-refractivity contribution in [1.29, 1.82) is 0 Å². The van der Waals surface area contributed by atoms with Crippen molar-refractivity contribution in [2.24, 2.45) is 0 Å². The highest BCUT2D eigenvalue weighted by Crippen LogP contribution is 2.36. The molecule has 1 N–H and O–H groups in total. The molecule has 1 heterocycles. The molecule has 0 aromatic heterocycles. The van der Waals surface area contributed by atoms with Crippen LogP contribution in [0.4, 0.5) is 16.2 Å². The lowest BCUT2D eigenvalue weighted by molar-refractivity contribution is 0.200. The second-order valence-corrected chi connectivity index (χ2v) is 7.35.